The molecular weight excluding hydrogens is 498 g/mol. The summed E-state index contributed by atoms with van der Waals surface area (Å²) in [5, 5.41) is 3.65. The molecule has 0 spiro atoms. The van der Waals surface area contributed by atoms with Gasteiger partial charge in [-0.3, -0.25) is 4.79 Å². The lowest BCUT2D eigenvalue weighted by Crippen LogP contribution is -2.42. The average molecular weight is 518 g/mol. The van der Waals surface area contributed by atoms with Crippen LogP contribution in [0.2, 0.25) is 0 Å². The minimum Gasteiger partial charge on any atom is -0.374 e. The molecule has 0 aliphatic carbocycles. The first-order valence-corrected chi connectivity index (χ1v) is 11.5. The number of nitrogens with zero attached hydrogens (tertiary/aromatic N) is 2. The zero-order valence-corrected chi connectivity index (χ0v) is 19.2. The van der Waals surface area contributed by atoms with Gasteiger partial charge in [0.25, 0.3) is 11.5 Å². The van der Waals surface area contributed by atoms with Crippen molar-refractivity contribution in [2.75, 3.05) is 11.4 Å². The summed E-state index contributed by atoms with van der Waals surface area (Å²) in [5.74, 6) is -0.224. The smallest absolute Gasteiger partial charge is 0.374 e. The highest BCUT2D eigenvalue weighted by Gasteiger charge is 2.62. The van der Waals surface area contributed by atoms with Gasteiger partial charge in [-0.25, -0.2) is 0 Å². The van der Waals surface area contributed by atoms with Gasteiger partial charge in [0.2, 0.25) is 0 Å². The Morgan fingerprint density at radius 1 is 0.892 bits per heavy atom. The molecule has 0 aromatic heterocycles. The molecule has 0 fully saturated rings. The van der Waals surface area contributed by atoms with E-state index in [1.165, 1.54) is 24.3 Å². The number of fused-ring (bicyclic) bond motifs is 1. The van der Waals surface area contributed by atoms with Crippen LogP contribution in [-0.4, -0.2) is 24.3 Å². The Bertz CT molecular complexity index is 1350. The summed E-state index contributed by atoms with van der Waals surface area (Å²) in [6.45, 7) is 0.555. The van der Waals surface area contributed by atoms with Crippen LogP contribution in [0.4, 0.5) is 32.0 Å². The average Bonchev–Trinajstić information content (AvgIpc) is 3.35. The number of rotatable bonds is 3. The van der Waals surface area contributed by atoms with Crippen molar-refractivity contribution in [3.8, 4) is 0 Å². The fourth-order valence-electron chi connectivity index (χ4n) is 4.69. The van der Waals surface area contributed by atoms with E-state index >= 15 is 0 Å². The highest BCUT2D eigenvalue weighted by Crippen LogP contribution is 2.49. The zero-order chi connectivity index (χ0) is 26.4. The third-order valence-corrected chi connectivity index (χ3v) is 6.68. The highest BCUT2D eigenvalue weighted by atomic mass is 19.4. The molecule has 1 amide bonds. The maximum absolute atomic E-state index is 14.2. The van der Waals surface area contributed by atoms with E-state index in [2.05, 4.69) is 5.16 Å². The van der Waals surface area contributed by atoms with E-state index in [9.17, 15) is 31.1 Å². The third kappa shape index (κ3) is 4.45. The van der Waals surface area contributed by atoms with Crippen LogP contribution in [0, 0.1) is 0 Å². The predicted octanol–water partition coefficient (Wildman–Crippen LogP) is 6.88. The van der Waals surface area contributed by atoms with Crippen LogP contribution in [0.3, 0.4) is 0 Å². The number of para-hydroxylation sites is 1. The molecule has 1 unspecified atom stereocenters. The summed E-state index contributed by atoms with van der Waals surface area (Å²) in [6, 6.07) is 16.3. The summed E-state index contributed by atoms with van der Waals surface area (Å²) in [4.78, 5) is 19.7. The van der Waals surface area contributed by atoms with Crippen LogP contribution in [0.25, 0.3) is 0 Å². The number of carbonyl (C=O) groups excluding carboxylic acids is 1. The fraction of sp³-hybridized carbons (Fsp3) is 0.259. The van der Waals surface area contributed by atoms with Gasteiger partial charge in [-0.2, -0.15) is 26.3 Å². The molecular formula is C27H20F6N2O2. The van der Waals surface area contributed by atoms with Gasteiger partial charge in [0, 0.05) is 29.8 Å². The number of amides is 1. The van der Waals surface area contributed by atoms with Crippen LogP contribution in [0.1, 0.15) is 45.5 Å². The first-order valence-electron chi connectivity index (χ1n) is 11.5. The predicted molar refractivity (Wildman–Crippen MR) is 124 cm³/mol. The molecule has 1 atom stereocenters. The first kappa shape index (κ1) is 24.9. The van der Waals surface area contributed by atoms with E-state index in [4.69, 9.17) is 4.84 Å². The second-order valence-electron chi connectivity index (χ2n) is 8.97. The van der Waals surface area contributed by atoms with E-state index in [1.807, 2.05) is 24.3 Å². The summed E-state index contributed by atoms with van der Waals surface area (Å²) in [6.07, 6.45) is -8.67. The molecule has 10 heteroatoms. The lowest BCUT2D eigenvalue weighted by molar-refractivity contribution is -0.275. The van der Waals surface area contributed by atoms with Crippen molar-refractivity contribution in [3.05, 3.63) is 101 Å². The molecule has 192 valence electrons. The molecule has 0 saturated heterocycles. The summed E-state index contributed by atoms with van der Waals surface area (Å²) >= 11 is 0. The van der Waals surface area contributed by atoms with Gasteiger partial charge in [0.15, 0.2) is 0 Å². The number of oxime groups is 1. The number of hydrogen-bond donors (Lipinski definition) is 0. The molecule has 4 nitrogen and oxygen atoms in total. The van der Waals surface area contributed by atoms with Crippen LogP contribution in [-0.2, 0) is 23.0 Å². The molecule has 2 aliphatic heterocycles. The normalized spacial score (nSPS) is 19.7. The second-order valence-corrected chi connectivity index (χ2v) is 8.97. The maximum Gasteiger partial charge on any atom is 0.435 e. The van der Waals surface area contributed by atoms with Gasteiger partial charge in [-0.15, -0.1) is 0 Å². The van der Waals surface area contributed by atoms with Gasteiger partial charge in [-0.05, 0) is 54.3 Å². The van der Waals surface area contributed by atoms with Crippen molar-refractivity contribution in [2.45, 2.75) is 37.2 Å². The van der Waals surface area contributed by atoms with Crippen molar-refractivity contribution in [2.24, 2.45) is 5.16 Å². The Morgan fingerprint density at radius 2 is 1.57 bits per heavy atom. The Kier molecular flexibility index (Phi) is 6.00. The van der Waals surface area contributed by atoms with Gasteiger partial charge in [0.1, 0.15) is 0 Å². The monoisotopic (exact) mass is 518 g/mol. The molecule has 37 heavy (non-hydrogen) atoms. The number of hydrogen-bond acceptors (Lipinski definition) is 3. The molecule has 5 rings (SSSR count). The Labute approximate surface area is 208 Å². The van der Waals surface area contributed by atoms with E-state index in [-0.39, 0.29) is 11.6 Å². The molecule has 0 saturated carbocycles. The SMILES string of the molecule is O=C(c1ccc(C2=NOC(c3ccc(C(F)(F)F)cc3)(C(F)(F)F)C2)cc1)N1CCCc2ccccc21. The summed E-state index contributed by atoms with van der Waals surface area (Å²) < 4.78 is 81.1. The maximum atomic E-state index is 14.2. The van der Waals surface area contributed by atoms with Gasteiger partial charge in [0.05, 0.1) is 11.3 Å². The van der Waals surface area contributed by atoms with E-state index in [0.29, 0.717) is 29.8 Å². The molecule has 3 aromatic rings. The lowest BCUT2D eigenvalue weighted by Gasteiger charge is -2.30. The number of alkyl halides is 6. The second kappa shape index (κ2) is 8.93. The highest BCUT2D eigenvalue weighted by molar-refractivity contribution is 6.08. The number of benzene rings is 3. The first-order chi connectivity index (χ1) is 17.5. The lowest BCUT2D eigenvalue weighted by atomic mass is 9.86. The van der Waals surface area contributed by atoms with Crippen LogP contribution < -0.4 is 4.90 Å². The van der Waals surface area contributed by atoms with Crippen LogP contribution in [0.15, 0.2) is 78.0 Å². The zero-order valence-electron chi connectivity index (χ0n) is 19.2. The van der Waals surface area contributed by atoms with E-state index in [1.54, 1.807) is 4.90 Å². The quantitative estimate of drug-likeness (QED) is 0.355. The Morgan fingerprint density at radius 3 is 2.22 bits per heavy atom. The number of aryl methyl sites for hydroxylation is 1. The molecule has 0 bridgehead atoms. The van der Waals surface area contributed by atoms with E-state index < -0.39 is 35.5 Å². The molecule has 2 aliphatic rings. The van der Waals surface area contributed by atoms with Crippen molar-refractivity contribution in [1.29, 1.82) is 0 Å². The third-order valence-electron chi connectivity index (χ3n) is 6.68. The minimum absolute atomic E-state index is 0.0282. The topological polar surface area (TPSA) is 41.9 Å². The largest absolute Gasteiger partial charge is 0.435 e. The Balaban J connectivity index is 1.38. The van der Waals surface area contributed by atoms with Crippen molar-refractivity contribution in [3.63, 3.8) is 0 Å². The van der Waals surface area contributed by atoms with Crippen LogP contribution >= 0.6 is 0 Å². The van der Waals surface area contributed by atoms with Gasteiger partial charge < -0.3 is 9.74 Å². The number of halogens is 6. The summed E-state index contributed by atoms with van der Waals surface area (Å²) in [7, 11) is 0. The number of carbonyl (C=O) groups is 1. The summed E-state index contributed by atoms with van der Waals surface area (Å²) in [5.41, 5.74) is -1.91. The standard InChI is InChI=1S/C27H20F6N2O2/c28-26(29,30)21-13-11-20(12-14-21)25(27(31,32)33)16-22(34-37-25)17-7-9-19(10-8-17)24(36)35-15-3-5-18-4-1-2-6-23(18)35/h1-2,4,6-14H,3,5,15-16H2. The molecule has 2 heterocycles. The molecule has 0 radical (unpaired) electrons. The van der Waals surface area contributed by atoms with Gasteiger partial charge in [-0.1, -0.05) is 47.6 Å². The van der Waals surface area contributed by atoms with E-state index in [0.717, 1.165) is 36.2 Å². The van der Waals surface area contributed by atoms with Gasteiger partial charge >= 0.3 is 12.4 Å². The number of anilines is 1. The molecule has 3 aromatic carbocycles. The van der Waals surface area contributed by atoms with Crippen molar-refractivity contribution < 1.29 is 36.0 Å². The fourth-order valence-corrected chi connectivity index (χ4v) is 4.69. The Hall–Kier alpha value is -3.82. The molecule has 0 N–H and O–H groups in total. The van der Waals surface area contributed by atoms with Crippen molar-refractivity contribution >= 4 is 17.3 Å². The van der Waals surface area contributed by atoms with Crippen LogP contribution in [0.5, 0.6) is 0 Å². The minimum atomic E-state index is -4.95. The van der Waals surface area contributed by atoms with Crippen molar-refractivity contribution in [1.82, 2.24) is 0 Å².